The highest BCUT2D eigenvalue weighted by molar-refractivity contribution is 5.75. The Bertz CT molecular complexity index is 1100. The fourth-order valence-electron chi connectivity index (χ4n) is 2.70. The number of aromatic nitrogens is 4. The number of imidazole rings is 1. The van der Waals surface area contributed by atoms with Gasteiger partial charge in [0.25, 0.3) is 5.56 Å². The Morgan fingerprint density at radius 2 is 1.81 bits per heavy atom. The number of rotatable bonds is 4. The molecule has 0 saturated carbocycles. The third-order valence-electron chi connectivity index (χ3n) is 4.20. The molecule has 0 spiro atoms. The molecular weight excluding hydrogens is 348 g/mol. The zero-order valence-corrected chi connectivity index (χ0v) is 15.8. The molecule has 3 rings (SSSR count). The van der Waals surface area contributed by atoms with Crippen LogP contribution in [0.4, 0.5) is 0 Å². The maximum absolute atomic E-state index is 12.4. The van der Waals surface area contributed by atoms with Crippen LogP contribution in [-0.2, 0) is 22.8 Å². The minimum Gasteiger partial charge on any atom is -0.443 e. The van der Waals surface area contributed by atoms with E-state index in [4.69, 9.17) is 4.74 Å². The summed E-state index contributed by atoms with van der Waals surface area (Å²) in [5.41, 5.74) is -0.436. The van der Waals surface area contributed by atoms with E-state index in [0.29, 0.717) is 12.4 Å². The van der Waals surface area contributed by atoms with Crippen molar-refractivity contribution < 1.29 is 9.53 Å². The molecule has 0 bridgehead atoms. The molecule has 0 aliphatic rings. The van der Waals surface area contributed by atoms with Gasteiger partial charge < -0.3 is 9.30 Å². The molecule has 8 heteroatoms. The number of carbonyl (C=O) groups excluding carboxylic acids is 1. The van der Waals surface area contributed by atoms with E-state index in [1.165, 1.54) is 0 Å². The number of benzene rings is 1. The van der Waals surface area contributed by atoms with Crippen LogP contribution in [0.5, 0.6) is 0 Å². The lowest BCUT2D eigenvalue weighted by atomic mass is 9.98. The fraction of sp³-hybridized carbons (Fsp3) is 0.368. The van der Waals surface area contributed by atoms with E-state index in [9.17, 15) is 14.4 Å². The summed E-state index contributed by atoms with van der Waals surface area (Å²) < 4.78 is 8.14. The van der Waals surface area contributed by atoms with Gasteiger partial charge in [-0.25, -0.2) is 14.3 Å². The molecule has 8 nitrogen and oxygen atoms in total. The van der Waals surface area contributed by atoms with Crippen molar-refractivity contribution in [2.45, 2.75) is 41.0 Å². The van der Waals surface area contributed by atoms with E-state index >= 15 is 0 Å². The first-order valence-electron chi connectivity index (χ1n) is 8.59. The van der Waals surface area contributed by atoms with E-state index in [2.05, 4.69) is 9.97 Å². The number of esters is 1. The highest BCUT2D eigenvalue weighted by atomic mass is 16.5. The molecule has 142 valence electrons. The van der Waals surface area contributed by atoms with Crippen LogP contribution in [0.15, 0.2) is 39.9 Å². The number of carbonyl (C=O) groups is 1. The second kappa shape index (κ2) is 6.86. The number of aromatic amines is 1. The number of H-pyrrole nitrogens is 1. The van der Waals surface area contributed by atoms with Gasteiger partial charge in [-0.05, 0) is 33.3 Å². The van der Waals surface area contributed by atoms with Gasteiger partial charge >= 0.3 is 11.7 Å². The lowest BCUT2D eigenvalue weighted by molar-refractivity contribution is -0.156. The van der Waals surface area contributed by atoms with Crippen molar-refractivity contribution in [3.05, 3.63) is 62.6 Å². The summed E-state index contributed by atoms with van der Waals surface area (Å²) in [5, 5.41) is 0. The topological polar surface area (TPSA) is 99.0 Å². The zero-order valence-electron chi connectivity index (χ0n) is 15.8. The van der Waals surface area contributed by atoms with E-state index in [1.54, 1.807) is 32.3 Å². The van der Waals surface area contributed by atoms with E-state index in [-0.39, 0.29) is 17.9 Å². The molecule has 1 aromatic carbocycles. The Morgan fingerprint density at radius 3 is 2.44 bits per heavy atom. The number of hydrogen-bond acceptors (Lipinski definition) is 5. The maximum atomic E-state index is 12.4. The summed E-state index contributed by atoms with van der Waals surface area (Å²) in [7, 11) is 0. The summed E-state index contributed by atoms with van der Waals surface area (Å²) in [6.45, 7) is 7.05. The average molecular weight is 370 g/mol. The second-order valence-corrected chi connectivity index (χ2v) is 7.40. The number of hydrogen-bond donors (Lipinski definition) is 1. The number of nitrogens with one attached hydrogen (secondary N) is 1. The predicted octanol–water partition coefficient (Wildman–Crippen LogP) is 1.79. The van der Waals surface area contributed by atoms with Gasteiger partial charge in [0.05, 0.1) is 5.41 Å². The van der Waals surface area contributed by atoms with Crippen LogP contribution >= 0.6 is 0 Å². The van der Waals surface area contributed by atoms with E-state index < -0.39 is 22.6 Å². The molecule has 3 aromatic rings. The zero-order chi connectivity index (χ0) is 19.8. The first kappa shape index (κ1) is 18.6. The molecule has 0 radical (unpaired) electrons. The average Bonchev–Trinajstić information content (AvgIpc) is 2.91. The summed E-state index contributed by atoms with van der Waals surface area (Å²) in [5.74, 6) is 0.134. The fourth-order valence-corrected chi connectivity index (χ4v) is 2.70. The van der Waals surface area contributed by atoms with Gasteiger partial charge in [-0.2, -0.15) is 0 Å². The van der Waals surface area contributed by atoms with Crippen molar-refractivity contribution in [2.24, 2.45) is 5.41 Å². The normalized spacial score (nSPS) is 11.7. The molecule has 0 fully saturated rings. The van der Waals surface area contributed by atoms with Crippen molar-refractivity contribution in [1.82, 2.24) is 19.1 Å². The first-order valence-corrected chi connectivity index (χ1v) is 8.59. The van der Waals surface area contributed by atoms with Crippen molar-refractivity contribution in [3.63, 3.8) is 0 Å². The molecule has 0 aliphatic heterocycles. The summed E-state index contributed by atoms with van der Waals surface area (Å²) in [6.07, 6.45) is 0. The third-order valence-corrected chi connectivity index (χ3v) is 4.20. The smallest absolute Gasteiger partial charge is 0.332 e. The Morgan fingerprint density at radius 1 is 1.15 bits per heavy atom. The quantitative estimate of drug-likeness (QED) is 0.706. The van der Waals surface area contributed by atoms with Crippen molar-refractivity contribution in [3.8, 4) is 0 Å². The minimum absolute atomic E-state index is 0.193. The molecular formula is C19H22N4O4. The highest BCUT2D eigenvalue weighted by Crippen LogP contribution is 2.17. The summed E-state index contributed by atoms with van der Waals surface area (Å²) in [4.78, 5) is 43.4. The molecule has 2 aromatic heterocycles. The Labute approximate surface area is 155 Å². The van der Waals surface area contributed by atoms with Crippen LogP contribution < -0.4 is 11.2 Å². The SMILES string of the molecule is Cc1nc2c(c(=O)[nH]c(=O)n2COC(=O)C(C)(C)C)n1Cc1ccccc1. The predicted molar refractivity (Wildman–Crippen MR) is 100 cm³/mol. The Hall–Kier alpha value is -3.16. The van der Waals surface area contributed by atoms with E-state index in [1.807, 2.05) is 30.3 Å². The van der Waals surface area contributed by atoms with Gasteiger partial charge in [0.15, 0.2) is 17.9 Å². The standard InChI is InChI=1S/C19H22N4O4/c1-12-20-15-14(22(12)10-13-8-6-5-7-9-13)16(24)21-18(26)23(15)11-27-17(25)19(2,3)4/h5-9H,10-11H2,1-4H3,(H,21,24,26). The van der Waals surface area contributed by atoms with Gasteiger partial charge in [-0.3, -0.25) is 14.6 Å². The van der Waals surface area contributed by atoms with Crippen LogP contribution in [0.1, 0.15) is 32.2 Å². The largest absolute Gasteiger partial charge is 0.443 e. The van der Waals surface area contributed by atoms with Gasteiger partial charge in [-0.1, -0.05) is 30.3 Å². The Kier molecular flexibility index (Phi) is 4.73. The van der Waals surface area contributed by atoms with Crippen molar-refractivity contribution >= 4 is 17.1 Å². The monoisotopic (exact) mass is 370 g/mol. The molecule has 1 N–H and O–H groups in total. The van der Waals surface area contributed by atoms with Crippen LogP contribution in [0, 0.1) is 12.3 Å². The third kappa shape index (κ3) is 3.69. The van der Waals surface area contributed by atoms with E-state index in [0.717, 1.165) is 10.1 Å². The van der Waals surface area contributed by atoms with Crippen molar-refractivity contribution in [1.29, 1.82) is 0 Å². The van der Waals surface area contributed by atoms with Crippen molar-refractivity contribution in [2.75, 3.05) is 0 Å². The minimum atomic E-state index is -0.701. The number of aryl methyl sites for hydroxylation is 1. The van der Waals surface area contributed by atoms with Gasteiger partial charge in [0, 0.05) is 6.54 Å². The maximum Gasteiger partial charge on any atom is 0.332 e. The highest BCUT2D eigenvalue weighted by Gasteiger charge is 2.24. The molecule has 0 saturated heterocycles. The molecule has 0 atom stereocenters. The lowest BCUT2D eigenvalue weighted by Crippen LogP contribution is -2.33. The number of nitrogens with zero attached hydrogens (tertiary/aromatic N) is 3. The molecule has 2 heterocycles. The molecule has 0 amide bonds. The van der Waals surface area contributed by atoms with Gasteiger partial charge in [-0.15, -0.1) is 0 Å². The molecule has 0 aliphatic carbocycles. The Balaban J connectivity index is 2.06. The number of ether oxygens (including phenoxy) is 1. The molecule has 0 unspecified atom stereocenters. The van der Waals surface area contributed by atoms with Crippen LogP contribution in [0.3, 0.4) is 0 Å². The van der Waals surface area contributed by atoms with Crippen LogP contribution in [0.2, 0.25) is 0 Å². The van der Waals surface area contributed by atoms with Crippen LogP contribution in [-0.4, -0.2) is 25.1 Å². The number of fused-ring (bicyclic) bond motifs is 1. The first-order chi connectivity index (χ1) is 12.7. The molecule has 27 heavy (non-hydrogen) atoms. The summed E-state index contributed by atoms with van der Waals surface area (Å²) >= 11 is 0. The second-order valence-electron chi connectivity index (χ2n) is 7.40. The van der Waals surface area contributed by atoms with Gasteiger partial charge in [0.2, 0.25) is 0 Å². The lowest BCUT2D eigenvalue weighted by Gasteiger charge is -2.17. The van der Waals surface area contributed by atoms with Crippen LogP contribution in [0.25, 0.3) is 11.2 Å². The van der Waals surface area contributed by atoms with Gasteiger partial charge in [0.1, 0.15) is 5.82 Å². The summed E-state index contributed by atoms with van der Waals surface area (Å²) in [6, 6.07) is 9.63.